The van der Waals surface area contributed by atoms with Gasteiger partial charge in [-0.1, -0.05) is 52.2 Å². The highest BCUT2D eigenvalue weighted by Crippen LogP contribution is 2.35. The van der Waals surface area contributed by atoms with E-state index in [-0.39, 0.29) is 17.0 Å². The average Bonchev–Trinajstić information content (AvgIpc) is 3.12. The molecule has 3 rings (SSSR count). The highest BCUT2D eigenvalue weighted by Gasteiger charge is 2.35. The van der Waals surface area contributed by atoms with Crippen molar-refractivity contribution in [2.75, 3.05) is 16.8 Å². The number of alkyl halides is 3. The van der Waals surface area contributed by atoms with Gasteiger partial charge >= 0.3 is 0 Å². The van der Waals surface area contributed by atoms with Crippen molar-refractivity contribution in [1.29, 1.82) is 0 Å². The van der Waals surface area contributed by atoms with Gasteiger partial charge in [-0.25, -0.2) is 0 Å². The van der Waals surface area contributed by atoms with Crippen LogP contribution in [-0.4, -0.2) is 32.3 Å². The van der Waals surface area contributed by atoms with E-state index < -0.39 is 9.70 Å². The molecule has 1 N–H and O–H groups in total. The fraction of sp³-hybridized carbons (Fsp3) is 0.375. The number of rotatable bonds is 3. The minimum absolute atomic E-state index is 0.0297. The Labute approximate surface area is 169 Å². The molecule has 1 unspecified atom stereocenters. The summed E-state index contributed by atoms with van der Waals surface area (Å²) >= 11 is 17.7. The maximum atomic E-state index is 12.5. The van der Waals surface area contributed by atoms with Crippen molar-refractivity contribution in [3.05, 3.63) is 34.3 Å². The van der Waals surface area contributed by atoms with Crippen LogP contribution in [0.3, 0.4) is 0 Å². The van der Waals surface area contributed by atoms with Crippen LogP contribution in [0.5, 0.6) is 0 Å². The van der Waals surface area contributed by atoms with Gasteiger partial charge in [0, 0.05) is 24.6 Å². The van der Waals surface area contributed by atoms with Gasteiger partial charge in [0.25, 0.3) is 9.70 Å². The molecule has 0 spiro atoms. The molecule has 6 nitrogen and oxygen atoms in total. The number of hydrogen-bond donors (Lipinski definition) is 1. The number of halogens is 3. The molecule has 0 radical (unpaired) electrons. The van der Waals surface area contributed by atoms with Crippen molar-refractivity contribution in [1.82, 2.24) is 10.2 Å². The Morgan fingerprint density at radius 2 is 1.88 bits per heavy atom. The second-order valence-electron chi connectivity index (χ2n) is 6.15. The number of carbonyl (C=O) groups is 2. The number of hydrogen-bond acceptors (Lipinski definition) is 5. The minimum Gasteiger partial charge on any atom is -0.312 e. The van der Waals surface area contributed by atoms with Crippen molar-refractivity contribution >= 4 is 68.8 Å². The highest BCUT2D eigenvalue weighted by molar-refractivity contribution is 7.15. The van der Waals surface area contributed by atoms with Crippen LogP contribution >= 0.6 is 46.1 Å². The molecule has 10 heteroatoms. The van der Waals surface area contributed by atoms with E-state index in [2.05, 4.69) is 21.6 Å². The van der Waals surface area contributed by atoms with E-state index >= 15 is 0 Å². The Hall–Kier alpha value is -1.41. The third kappa shape index (κ3) is 4.28. The van der Waals surface area contributed by atoms with E-state index in [4.69, 9.17) is 34.8 Å². The summed E-state index contributed by atoms with van der Waals surface area (Å²) in [6, 6.07) is 6.03. The van der Waals surface area contributed by atoms with Crippen LogP contribution in [0, 0.1) is 13.8 Å². The molecule has 1 saturated heterocycles. The molecule has 1 aromatic heterocycles. The lowest BCUT2D eigenvalue weighted by Crippen LogP contribution is -2.26. The second-order valence-corrected chi connectivity index (χ2v) is 9.44. The van der Waals surface area contributed by atoms with Crippen molar-refractivity contribution in [2.24, 2.45) is 0 Å². The van der Waals surface area contributed by atoms with Gasteiger partial charge in [0.2, 0.25) is 11.0 Å². The second kappa shape index (κ2) is 7.31. The van der Waals surface area contributed by atoms with Crippen LogP contribution in [0.15, 0.2) is 18.2 Å². The SMILES string of the molecule is Cc1cc(C)cc(N2CC(c3nnc(NC(=O)C(Cl)(Cl)Cl)s3)CC2=O)c1. The topological polar surface area (TPSA) is 75.2 Å². The predicted molar refractivity (Wildman–Crippen MR) is 104 cm³/mol. The first-order valence-corrected chi connectivity index (χ1v) is 9.69. The van der Waals surface area contributed by atoms with Crippen molar-refractivity contribution in [3.63, 3.8) is 0 Å². The predicted octanol–water partition coefficient (Wildman–Crippen LogP) is 3.98. The van der Waals surface area contributed by atoms with E-state index in [0.717, 1.165) is 16.8 Å². The summed E-state index contributed by atoms with van der Waals surface area (Å²) < 4.78 is -2.07. The first kappa shape index (κ1) is 19.4. The van der Waals surface area contributed by atoms with Gasteiger partial charge in [0.15, 0.2) is 0 Å². The van der Waals surface area contributed by atoms with Crippen molar-refractivity contribution in [3.8, 4) is 0 Å². The van der Waals surface area contributed by atoms with E-state index in [1.807, 2.05) is 26.0 Å². The summed E-state index contributed by atoms with van der Waals surface area (Å²) in [5, 5.41) is 11.3. The molecule has 1 aromatic carbocycles. The zero-order valence-corrected chi connectivity index (χ0v) is 17.0. The highest BCUT2D eigenvalue weighted by atomic mass is 35.6. The van der Waals surface area contributed by atoms with Crippen LogP contribution in [0.1, 0.15) is 28.5 Å². The van der Waals surface area contributed by atoms with Gasteiger partial charge in [0.1, 0.15) is 5.01 Å². The summed E-state index contributed by atoms with van der Waals surface area (Å²) in [6.07, 6.45) is 0.333. The van der Waals surface area contributed by atoms with Crippen LogP contribution in [0.2, 0.25) is 0 Å². The van der Waals surface area contributed by atoms with Gasteiger partial charge < -0.3 is 4.90 Å². The number of benzene rings is 1. The maximum Gasteiger partial charge on any atom is 0.278 e. The molecule has 0 aliphatic carbocycles. The van der Waals surface area contributed by atoms with Crippen LogP contribution in [-0.2, 0) is 9.59 Å². The number of nitrogens with one attached hydrogen (secondary N) is 1. The monoisotopic (exact) mass is 432 g/mol. The molecule has 0 saturated carbocycles. The molecule has 0 bridgehead atoms. The summed E-state index contributed by atoms with van der Waals surface area (Å²) in [5.41, 5.74) is 3.08. The summed E-state index contributed by atoms with van der Waals surface area (Å²) in [6.45, 7) is 4.51. The van der Waals surface area contributed by atoms with E-state index in [9.17, 15) is 9.59 Å². The minimum atomic E-state index is -2.07. The first-order valence-electron chi connectivity index (χ1n) is 7.73. The van der Waals surface area contributed by atoms with Gasteiger partial charge in [-0.2, -0.15) is 0 Å². The zero-order chi connectivity index (χ0) is 19.1. The normalized spacial score (nSPS) is 17.7. The molecule has 2 aromatic rings. The first-order chi connectivity index (χ1) is 12.1. The molecule has 138 valence electrons. The number of aryl methyl sites for hydroxylation is 2. The molecule has 1 fully saturated rings. The van der Waals surface area contributed by atoms with Crippen LogP contribution < -0.4 is 10.2 Å². The molecular weight excluding hydrogens is 419 g/mol. The van der Waals surface area contributed by atoms with Gasteiger partial charge in [-0.05, 0) is 37.1 Å². The standard InChI is InChI=1S/C16H15Cl3N4O2S/c1-8-3-9(2)5-11(4-8)23-7-10(6-12(23)24)13-21-22-15(26-13)20-14(25)16(17,18)19/h3-5,10H,6-7H2,1-2H3,(H,20,22,25). The quantitative estimate of drug-likeness (QED) is 0.743. The lowest BCUT2D eigenvalue weighted by atomic mass is 10.1. The molecule has 1 aliphatic heterocycles. The Kier molecular flexibility index (Phi) is 5.44. The number of aromatic nitrogens is 2. The van der Waals surface area contributed by atoms with Gasteiger partial charge in [0.05, 0.1) is 0 Å². The van der Waals surface area contributed by atoms with Gasteiger partial charge in [-0.3, -0.25) is 14.9 Å². The molecule has 1 aliphatic rings. The third-order valence-electron chi connectivity index (χ3n) is 3.91. The summed E-state index contributed by atoms with van der Waals surface area (Å²) in [7, 11) is 0. The third-order valence-corrected chi connectivity index (χ3v) is 5.43. The maximum absolute atomic E-state index is 12.5. The van der Waals surface area contributed by atoms with Crippen molar-refractivity contribution < 1.29 is 9.59 Å². The van der Waals surface area contributed by atoms with Crippen LogP contribution in [0.25, 0.3) is 0 Å². The molecular formula is C16H15Cl3N4O2S. The summed E-state index contributed by atoms with van der Waals surface area (Å²) in [4.78, 5) is 25.9. The van der Waals surface area contributed by atoms with Crippen LogP contribution in [0.4, 0.5) is 10.8 Å². The molecule has 1 atom stereocenters. The number of amides is 2. The average molecular weight is 434 g/mol. The molecule has 26 heavy (non-hydrogen) atoms. The van der Waals surface area contributed by atoms with Gasteiger partial charge in [-0.15, -0.1) is 10.2 Å². The van der Waals surface area contributed by atoms with E-state index in [1.54, 1.807) is 4.90 Å². The smallest absolute Gasteiger partial charge is 0.278 e. The lowest BCUT2D eigenvalue weighted by molar-refractivity contribution is -0.117. The Morgan fingerprint density at radius 3 is 2.50 bits per heavy atom. The summed E-state index contributed by atoms with van der Waals surface area (Å²) in [5.74, 6) is -0.870. The number of nitrogens with zero attached hydrogens (tertiary/aromatic N) is 3. The molecule has 2 amide bonds. The largest absolute Gasteiger partial charge is 0.312 e. The van der Waals surface area contributed by atoms with E-state index in [0.29, 0.717) is 18.0 Å². The Balaban J connectivity index is 1.74. The Bertz CT molecular complexity index is 845. The fourth-order valence-corrected chi connectivity index (χ4v) is 3.82. The fourth-order valence-electron chi connectivity index (χ4n) is 2.85. The molecule has 2 heterocycles. The van der Waals surface area contributed by atoms with E-state index in [1.165, 1.54) is 11.3 Å². The lowest BCUT2D eigenvalue weighted by Gasteiger charge is -2.17. The zero-order valence-electron chi connectivity index (χ0n) is 13.9. The number of carbonyl (C=O) groups excluding carboxylic acids is 2. The number of anilines is 2. The Morgan fingerprint density at radius 1 is 1.23 bits per heavy atom. The van der Waals surface area contributed by atoms with Crippen molar-refractivity contribution in [2.45, 2.75) is 30.0 Å².